The summed E-state index contributed by atoms with van der Waals surface area (Å²) >= 11 is 0. The van der Waals surface area contributed by atoms with Gasteiger partial charge >= 0.3 is 5.97 Å². The van der Waals surface area contributed by atoms with Crippen molar-refractivity contribution in [2.75, 3.05) is 6.54 Å². The minimum Gasteiger partial charge on any atom is -0.479 e. The number of carboxylic acid groups (broad SMARTS) is 1. The van der Waals surface area contributed by atoms with Gasteiger partial charge in [-0.1, -0.05) is 24.3 Å². The third-order valence-corrected chi connectivity index (χ3v) is 2.72. The molecule has 1 aromatic carbocycles. The highest BCUT2D eigenvalue weighted by Gasteiger charge is 2.30. The van der Waals surface area contributed by atoms with E-state index in [1.54, 1.807) is 0 Å². The van der Waals surface area contributed by atoms with Crippen LogP contribution < -0.4 is 5.32 Å². The van der Waals surface area contributed by atoms with Crippen molar-refractivity contribution in [1.29, 1.82) is 0 Å². The maximum Gasteiger partial charge on any atom is 0.334 e. The van der Waals surface area contributed by atoms with Crippen LogP contribution in [-0.4, -0.2) is 28.8 Å². The van der Waals surface area contributed by atoms with Crippen LogP contribution in [0.5, 0.6) is 0 Å². The van der Waals surface area contributed by atoms with Gasteiger partial charge in [0, 0.05) is 0 Å². The van der Waals surface area contributed by atoms with Crippen LogP contribution in [0.3, 0.4) is 0 Å². The SMILES string of the molecule is O=C(O)C(O)C1NCCc2ccccc21. The first-order valence-electron chi connectivity index (χ1n) is 4.92. The Kier molecular flexibility index (Phi) is 2.70. The Labute approximate surface area is 87.6 Å². The molecule has 3 N–H and O–H groups in total. The van der Waals surface area contributed by atoms with E-state index in [9.17, 15) is 9.90 Å². The van der Waals surface area contributed by atoms with Crippen molar-refractivity contribution in [3.8, 4) is 0 Å². The van der Waals surface area contributed by atoms with E-state index < -0.39 is 18.1 Å². The fraction of sp³-hybridized carbons (Fsp3) is 0.364. The molecular weight excluding hydrogens is 194 g/mol. The third-order valence-electron chi connectivity index (χ3n) is 2.72. The predicted octanol–water partition coefficient (Wildman–Crippen LogP) is 0.319. The molecule has 2 rings (SSSR count). The van der Waals surface area contributed by atoms with Crippen LogP contribution in [0.1, 0.15) is 17.2 Å². The van der Waals surface area contributed by atoms with E-state index in [0.717, 1.165) is 17.5 Å². The number of carbonyl (C=O) groups is 1. The molecule has 2 atom stereocenters. The van der Waals surface area contributed by atoms with Gasteiger partial charge in [-0.3, -0.25) is 0 Å². The Morgan fingerprint density at radius 1 is 1.47 bits per heavy atom. The lowest BCUT2D eigenvalue weighted by molar-refractivity contribution is -0.148. The van der Waals surface area contributed by atoms with Crippen molar-refractivity contribution in [1.82, 2.24) is 5.32 Å². The van der Waals surface area contributed by atoms with Crippen LogP contribution in [0.2, 0.25) is 0 Å². The molecule has 1 aliphatic heterocycles. The maximum atomic E-state index is 10.7. The molecule has 80 valence electrons. The summed E-state index contributed by atoms with van der Waals surface area (Å²) in [5, 5.41) is 21.3. The van der Waals surface area contributed by atoms with Gasteiger partial charge in [-0.25, -0.2) is 4.79 Å². The number of hydrogen-bond donors (Lipinski definition) is 3. The van der Waals surface area contributed by atoms with Crippen LogP contribution in [0, 0.1) is 0 Å². The Hall–Kier alpha value is -1.39. The Balaban J connectivity index is 2.33. The largest absolute Gasteiger partial charge is 0.479 e. The standard InChI is InChI=1S/C11H13NO3/c13-10(11(14)15)9-8-4-2-1-3-7(8)5-6-12-9/h1-4,9-10,12-13H,5-6H2,(H,14,15). The van der Waals surface area contributed by atoms with Crippen LogP contribution in [0.15, 0.2) is 24.3 Å². The van der Waals surface area contributed by atoms with Gasteiger partial charge in [-0.05, 0) is 24.1 Å². The summed E-state index contributed by atoms with van der Waals surface area (Å²) in [6, 6.07) is 7.12. The van der Waals surface area contributed by atoms with Crippen molar-refractivity contribution in [2.45, 2.75) is 18.6 Å². The third kappa shape index (κ3) is 1.86. The Bertz CT molecular complexity index is 378. The fourth-order valence-corrected chi connectivity index (χ4v) is 1.96. The molecule has 4 nitrogen and oxygen atoms in total. The second-order valence-electron chi connectivity index (χ2n) is 3.66. The van der Waals surface area contributed by atoms with Crippen molar-refractivity contribution in [2.24, 2.45) is 0 Å². The minimum absolute atomic E-state index is 0.493. The maximum absolute atomic E-state index is 10.7. The Morgan fingerprint density at radius 2 is 2.20 bits per heavy atom. The quantitative estimate of drug-likeness (QED) is 0.653. The lowest BCUT2D eigenvalue weighted by Gasteiger charge is -2.28. The second-order valence-corrected chi connectivity index (χ2v) is 3.66. The average molecular weight is 207 g/mol. The van der Waals surface area contributed by atoms with Gasteiger partial charge in [-0.2, -0.15) is 0 Å². The van der Waals surface area contributed by atoms with Gasteiger partial charge in [0.05, 0.1) is 6.04 Å². The molecule has 0 saturated heterocycles. The number of aliphatic carboxylic acids is 1. The number of aliphatic hydroxyl groups is 1. The lowest BCUT2D eigenvalue weighted by atomic mass is 9.91. The molecule has 1 heterocycles. The number of nitrogens with one attached hydrogen (secondary N) is 1. The fourth-order valence-electron chi connectivity index (χ4n) is 1.96. The molecule has 0 bridgehead atoms. The van der Waals surface area contributed by atoms with Crippen LogP contribution in [0.25, 0.3) is 0 Å². The highest BCUT2D eigenvalue weighted by Crippen LogP contribution is 2.25. The van der Waals surface area contributed by atoms with Crippen molar-refractivity contribution in [3.05, 3.63) is 35.4 Å². The predicted molar refractivity (Wildman–Crippen MR) is 54.5 cm³/mol. The topological polar surface area (TPSA) is 69.6 Å². The van der Waals surface area contributed by atoms with Crippen LogP contribution in [0.4, 0.5) is 0 Å². The van der Waals surface area contributed by atoms with Gasteiger partial charge in [0.25, 0.3) is 0 Å². The summed E-state index contributed by atoms with van der Waals surface area (Å²) < 4.78 is 0. The summed E-state index contributed by atoms with van der Waals surface area (Å²) in [6.07, 6.45) is -0.509. The zero-order valence-electron chi connectivity index (χ0n) is 8.18. The van der Waals surface area contributed by atoms with E-state index >= 15 is 0 Å². The molecule has 0 radical (unpaired) electrons. The molecule has 4 heteroatoms. The average Bonchev–Trinajstić information content (AvgIpc) is 2.27. The first kappa shape index (κ1) is 10.1. The number of carboxylic acids is 1. The normalized spacial score (nSPS) is 21.8. The van der Waals surface area contributed by atoms with E-state index in [-0.39, 0.29) is 0 Å². The van der Waals surface area contributed by atoms with Gasteiger partial charge in [0.1, 0.15) is 0 Å². The summed E-state index contributed by atoms with van der Waals surface area (Å²) in [5.41, 5.74) is 2.00. The number of aliphatic hydroxyl groups excluding tert-OH is 1. The molecule has 0 fully saturated rings. The minimum atomic E-state index is -1.38. The van der Waals surface area contributed by atoms with Gasteiger partial charge < -0.3 is 15.5 Å². The molecule has 0 aromatic heterocycles. The number of rotatable bonds is 2. The molecule has 1 aromatic rings. The Morgan fingerprint density at radius 3 is 2.93 bits per heavy atom. The lowest BCUT2D eigenvalue weighted by Crippen LogP contribution is -2.41. The van der Waals surface area contributed by atoms with Gasteiger partial charge in [0.15, 0.2) is 6.10 Å². The smallest absolute Gasteiger partial charge is 0.334 e. The van der Waals surface area contributed by atoms with E-state index in [2.05, 4.69) is 5.32 Å². The van der Waals surface area contributed by atoms with Crippen LogP contribution in [-0.2, 0) is 11.2 Å². The monoisotopic (exact) mass is 207 g/mol. The molecule has 2 unspecified atom stereocenters. The summed E-state index contributed by atoms with van der Waals surface area (Å²) in [7, 11) is 0. The second kappa shape index (κ2) is 4.00. The number of hydrogen-bond acceptors (Lipinski definition) is 3. The van der Waals surface area contributed by atoms with Gasteiger partial charge in [-0.15, -0.1) is 0 Å². The highest BCUT2D eigenvalue weighted by molar-refractivity contribution is 5.73. The molecule has 0 spiro atoms. The van der Waals surface area contributed by atoms with Gasteiger partial charge in [0.2, 0.25) is 0 Å². The summed E-state index contributed by atoms with van der Waals surface area (Å²) in [4.78, 5) is 10.7. The molecule has 0 aliphatic carbocycles. The summed E-state index contributed by atoms with van der Waals surface area (Å²) in [5.74, 6) is -1.19. The van der Waals surface area contributed by atoms with Crippen LogP contribution >= 0.6 is 0 Å². The molecule has 15 heavy (non-hydrogen) atoms. The molecule has 0 saturated carbocycles. The number of fused-ring (bicyclic) bond motifs is 1. The molecule has 1 aliphatic rings. The van der Waals surface area contributed by atoms with E-state index in [4.69, 9.17) is 5.11 Å². The first-order chi connectivity index (χ1) is 7.20. The van der Waals surface area contributed by atoms with Crippen molar-refractivity contribution >= 4 is 5.97 Å². The zero-order chi connectivity index (χ0) is 10.8. The van der Waals surface area contributed by atoms with Crippen molar-refractivity contribution < 1.29 is 15.0 Å². The van der Waals surface area contributed by atoms with E-state index in [0.29, 0.717) is 6.54 Å². The molecular formula is C11H13NO3. The summed E-state index contributed by atoms with van der Waals surface area (Å²) in [6.45, 7) is 0.700. The van der Waals surface area contributed by atoms with Crippen molar-refractivity contribution in [3.63, 3.8) is 0 Å². The zero-order valence-corrected chi connectivity index (χ0v) is 8.18. The van der Waals surface area contributed by atoms with E-state index in [1.165, 1.54) is 0 Å². The molecule has 0 amide bonds. The highest BCUT2D eigenvalue weighted by atomic mass is 16.4. The van der Waals surface area contributed by atoms with E-state index in [1.807, 2.05) is 24.3 Å². The number of benzene rings is 1. The first-order valence-corrected chi connectivity index (χ1v) is 4.92.